The lowest BCUT2D eigenvalue weighted by Crippen LogP contribution is -2.61. The number of hydrogen-bond acceptors (Lipinski definition) is 7. The first-order valence-corrected chi connectivity index (χ1v) is 11.0. The Balaban J connectivity index is 1.80. The molecule has 1 saturated carbocycles. The van der Waals surface area contributed by atoms with Crippen molar-refractivity contribution in [1.82, 2.24) is 0 Å². The summed E-state index contributed by atoms with van der Waals surface area (Å²) in [7, 11) is -3.79. The van der Waals surface area contributed by atoms with Crippen molar-refractivity contribution in [1.29, 1.82) is 0 Å². The summed E-state index contributed by atoms with van der Waals surface area (Å²) >= 11 is 6.23. The molecular formula is C16H15Br2NO7S. The molecule has 0 aromatic heterocycles. The van der Waals surface area contributed by atoms with Crippen molar-refractivity contribution < 1.29 is 27.7 Å². The molecule has 1 aliphatic carbocycles. The van der Waals surface area contributed by atoms with Gasteiger partial charge in [-0.25, -0.2) is 8.42 Å². The number of ether oxygens (including phenoxy) is 1. The molecule has 1 aromatic carbocycles. The Morgan fingerprint density at radius 2 is 1.81 bits per heavy atom. The maximum absolute atomic E-state index is 12.8. The molecule has 0 bridgehead atoms. The van der Waals surface area contributed by atoms with Gasteiger partial charge in [-0.1, -0.05) is 31.9 Å². The van der Waals surface area contributed by atoms with Crippen LogP contribution in [0.1, 0.15) is 19.4 Å². The number of ketones is 1. The van der Waals surface area contributed by atoms with Gasteiger partial charge in [-0.2, -0.15) is 0 Å². The van der Waals surface area contributed by atoms with E-state index >= 15 is 0 Å². The number of non-ortho nitro benzene ring substituents is 1. The van der Waals surface area contributed by atoms with Gasteiger partial charge in [0.15, 0.2) is 18.9 Å². The number of nitrogens with zero attached hydrogens (tertiary/aromatic N) is 1. The van der Waals surface area contributed by atoms with E-state index in [2.05, 4.69) is 31.9 Å². The highest BCUT2D eigenvalue weighted by Gasteiger charge is 2.78. The first kappa shape index (κ1) is 20.4. The van der Waals surface area contributed by atoms with Crippen LogP contribution in [-0.2, 0) is 30.8 Å². The Morgan fingerprint density at radius 3 is 2.33 bits per heavy atom. The quantitative estimate of drug-likeness (QED) is 0.257. The minimum atomic E-state index is -3.79. The molecule has 27 heavy (non-hydrogen) atoms. The summed E-state index contributed by atoms with van der Waals surface area (Å²) < 4.78 is 28.1. The van der Waals surface area contributed by atoms with Gasteiger partial charge >= 0.3 is 5.97 Å². The van der Waals surface area contributed by atoms with Gasteiger partial charge in [-0.15, -0.1) is 0 Å². The monoisotopic (exact) mass is 523 g/mol. The minimum absolute atomic E-state index is 0.0954. The highest BCUT2D eigenvalue weighted by molar-refractivity contribution is 9.26. The Bertz CT molecular complexity index is 940. The standard InChI is InChI=1S/C16H15Br2NO7S/c1-15(2)11(10-12(20)16(17,18)13(10)27(15,24)25)14(21)26-7-8-3-5-9(6-4-8)19(22)23/h3-6,10-11,13H,7H2,1-2H3/t10?,11-,13-/m0/s1. The average molecular weight is 525 g/mol. The van der Waals surface area contributed by atoms with Gasteiger partial charge in [0.1, 0.15) is 11.9 Å². The first-order valence-electron chi connectivity index (χ1n) is 7.89. The van der Waals surface area contributed by atoms with Crippen LogP contribution in [0.3, 0.4) is 0 Å². The van der Waals surface area contributed by atoms with E-state index in [1.54, 1.807) is 0 Å². The normalized spacial score (nSPS) is 29.5. The molecule has 1 aliphatic heterocycles. The molecule has 1 heterocycles. The number of benzene rings is 1. The summed E-state index contributed by atoms with van der Waals surface area (Å²) in [5.74, 6) is -3.29. The van der Waals surface area contributed by atoms with E-state index in [-0.39, 0.29) is 12.3 Å². The second-order valence-electron chi connectivity index (χ2n) is 7.09. The summed E-state index contributed by atoms with van der Waals surface area (Å²) in [6, 6.07) is 5.45. The minimum Gasteiger partial charge on any atom is -0.461 e. The molecule has 0 radical (unpaired) electrons. The number of Topliss-reactive ketones (excluding diaryl/α,β-unsaturated/α-hetero) is 1. The third kappa shape index (κ3) is 2.85. The molecule has 2 fully saturated rings. The van der Waals surface area contributed by atoms with Crippen LogP contribution in [-0.4, -0.2) is 38.3 Å². The van der Waals surface area contributed by atoms with Crippen LogP contribution in [0, 0.1) is 22.0 Å². The molecule has 8 nitrogen and oxygen atoms in total. The number of sulfone groups is 1. The summed E-state index contributed by atoms with van der Waals surface area (Å²) in [4.78, 5) is 35.2. The molecule has 0 amide bonds. The van der Waals surface area contributed by atoms with Crippen LogP contribution < -0.4 is 0 Å². The first-order chi connectivity index (χ1) is 12.3. The van der Waals surface area contributed by atoms with Crippen LogP contribution in [0.25, 0.3) is 0 Å². The number of fused-ring (bicyclic) bond motifs is 1. The number of hydrogen-bond donors (Lipinski definition) is 0. The lowest BCUT2D eigenvalue weighted by molar-refractivity contribution is -0.384. The van der Waals surface area contributed by atoms with Crippen molar-refractivity contribution in [2.24, 2.45) is 11.8 Å². The summed E-state index contributed by atoms with van der Waals surface area (Å²) in [5, 5.41) is 9.61. The fourth-order valence-corrected chi connectivity index (χ4v) is 8.67. The molecule has 1 saturated heterocycles. The number of halogens is 2. The number of nitro groups is 1. The van der Waals surface area contributed by atoms with Gasteiger partial charge in [0.25, 0.3) is 5.69 Å². The van der Waals surface area contributed by atoms with Crippen LogP contribution in [0.4, 0.5) is 5.69 Å². The molecule has 0 spiro atoms. The summed E-state index contributed by atoms with van der Waals surface area (Å²) in [6.07, 6.45) is 0. The Hall–Kier alpha value is -1.33. The van der Waals surface area contributed by atoms with Gasteiger partial charge in [0.2, 0.25) is 0 Å². The smallest absolute Gasteiger partial charge is 0.311 e. The van der Waals surface area contributed by atoms with Crippen molar-refractivity contribution in [3.8, 4) is 0 Å². The van der Waals surface area contributed by atoms with Crippen molar-refractivity contribution >= 4 is 59.1 Å². The third-order valence-corrected chi connectivity index (χ3v) is 10.7. The van der Waals surface area contributed by atoms with Crippen molar-refractivity contribution in [2.45, 2.75) is 33.7 Å². The second-order valence-corrected chi connectivity index (χ2v) is 13.3. The fraction of sp³-hybridized carbons (Fsp3) is 0.500. The van der Waals surface area contributed by atoms with Crippen molar-refractivity contribution in [3.63, 3.8) is 0 Å². The van der Waals surface area contributed by atoms with Gasteiger partial charge in [0, 0.05) is 12.1 Å². The molecular weight excluding hydrogens is 510 g/mol. The van der Waals surface area contributed by atoms with E-state index in [4.69, 9.17) is 4.74 Å². The molecule has 3 rings (SSSR count). The largest absolute Gasteiger partial charge is 0.461 e. The molecule has 11 heteroatoms. The number of rotatable bonds is 4. The molecule has 2 aliphatic rings. The predicted octanol–water partition coefficient (Wildman–Crippen LogP) is 2.51. The van der Waals surface area contributed by atoms with E-state index < -0.39 is 51.6 Å². The SMILES string of the molecule is CC1(C)[C@H](C(=O)OCc2ccc([N+](=O)[O-])cc2)C2C(=O)C(Br)(Br)[C@H]2S1(=O)=O. The topological polar surface area (TPSA) is 121 Å². The van der Waals surface area contributed by atoms with E-state index in [0.29, 0.717) is 5.56 Å². The van der Waals surface area contributed by atoms with Gasteiger partial charge in [-0.05, 0) is 31.5 Å². The lowest BCUT2D eigenvalue weighted by Gasteiger charge is -2.41. The second kappa shape index (κ2) is 6.35. The third-order valence-electron chi connectivity index (χ3n) is 5.27. The Kier molecular flexibility index (Phi) is 4.80. The summed E-state index contributed by atoms with van der Waals surface area (Å²) in [6.45, 7) is 2.66. The van der Waals surface area contributed by atoms with E-state index in [1.807, 2.05) is 0 Å². The Morgan fingerprint density at radius 1 is 1.26 bits per heavy atom. The highest BCUT2D eigenvalue weighted by atomic mass is 79.9. The maximum Gasteiger partial charge on any atom is 0.311 e. The maximum atomic E-state index is 12.8. The number of nitro benzene ring substituents is 1. The van der Waals surface area contributed by atoms with Crippen LogP contribution in [0.5, 0.6) is 0 Å². The molecule has 1 unspecified atom stereocenters. The number of carbonyl (C=O) groups excluding carboxylic acids is 2. The Labute approximate surface area is 172 Å². The van der Waals surface area contributed by atoms with Crippen LogP contribution in [0.15, 0.2) is 24.3 Å². The number of esters is 1. The number of carbonyl (C=O) groups is 2. The van der Waals surface area contributed by atoms with Crippen LogP contribution >= 0.6 is 31.9 Å². The van der Waals surface area contributed by atoms with E-state index in [1.165, 1.54) is 38.1 Å². The average Bonchev–Trinajstić information content (AvgIpc) is 2.74. The van der Waals surface area contributed by atoms with E-state index in [9.17, 15) is 28.1 Å². The zero-order valence-electron chi connectivity index (χ0n) is 14.2. The lowest BCUT2D eigenvalue weighted by atomic mass is 9.70. The van der Waals surface area contributed by atoms with Gasteiger partial charge < -0.3 is 4.74 Å². The molecule has 0 N–H and O–H groups in total. The fourth-order valence-electron chi connectivity index (χ4n) is 3.67. The highest BCUT2D eigenvalue weighted by Crippen LogP contribution is 2.62. The summed E-state index contributed by atoms with van der Waals surface area (Å²) in [5.41, 5.74) is 0.418. The van der Waals surface area contributed by atoms with Crippen molar-refractivity contribution in [3.05, 3.63) is 39.9 Å². The molecule has 1 aromatic rings. The van der Waals surface area contributed by atoms with Gasteiger partial charge in [-0.3, -0.25) is 19.7 Å². The zero-order chi connectivity index (χ0) is 20.4. The predicted molar refractivity (Wildman–Crippen MR) is 102 cm³/mol. The van der Waals surface area contributed by atoms with Gasteiger partial charge in [0.05, 0.1) is 21.5 Å². The molecule has 146 valence electrons. The van der Waals surface area contributed by atoms with Crippen LogP contribution in [0.2, 0.25) is 0 Å². The zero-order valence-corrected chi connectivity index (χ0v) is 18.2. The number of alkyl halides is 2. The molecule has 3 atom stereocenters. The van der Waals surface area contributed by atoms with Crippen molar-refractivity contribution in [2.75, 3.05) is 0 Å². The van der Waals surface area contributed by atoms with E-state index in [0.717, 1.165) is 0 Å².